The van der Waals surface area contributed by atoms with Crippen molar-refractivity contribution in [2.45, 2.75) is 25.6 Å². The fourth-order valence-corrected chi connectivity index (χ4v) is 3.58. The van der Waals surface area contributed by atoms with Crippen molar-refractivity contribution >= 4 is 17.8 Å². The first kappa shape index (κ1) is 20.3. The molecule has 1 aromatic carbocycles. The summed E-state index contributed by atoms with van der Waals surface area (Å²) < 4.78 is 5.39. The minimum absolute atomic E-state index is 0.209. The van der Waals surface area contributed by atoms with E-state index in [4.69, 9.17) is 4.42 Å². The number of urea groups is 1. The Balaban J connectivity index is 1.53. The SMILES string of the molecule is CC1(c2ccccc2)NC(=O)N(CC(=O)N(Cc2cccnc2)Cc2ccco2)C1=O. The van der Waals surface area contributed by atoms with Crippen LogP contribution in [0.3, 0.4) is 0 Å². The summed E-state index contributed by atoms with van der Waals surface area (Å²) in [5.74, 6) is -0.235. The number of amides is 4. The summed E-state index contributed by atoms with van der Waals surface area (Å²) in [6.45, 7) is 1.75. The molecule has 31 heavy (non-hydrogen) atoms. The Kier molecular flexibility index (Phi) is 5.53. The number of nitrogens with one attached hydrogen (secondary N) is 1. The van der Waals surface area contributed by atoms with Gasteiger partial charge in [-0.1, -0.05) is 36.4 Å². The lowest BCUT2D eigenvalue weighted by Crippen LogP contribution is -2.44. The topological polar surface area (TPSA) is 95.8 Å². The quantitative estimate of drug-likeness (QED) is 0.595. The molecule has 0 radical (unpaired) electrons. The Labute approximate surface area is 179 Å². The third-order valence-corrected chi connectivity index (χ3v) is 5.30. The maximum Gasteiger partial charge on any atom is 0.325 e. The van der Waals surface area contributed by atoms with Crippen molar-refractivity contribution in [1.82, 2.24) is 20.1 Å². The van der Waals surface area contributed by atoms with Gasteiger partial charge in [-0.2, -0.15) is 0 Å². The third-order valence-electron chi connectivity index (χ3n) is 5.30. The molecule has 2 aromatic heterocycles. The number of aromatic nitrogens is 1. The molecule has 1 N–H and O–H groups in total. The first-order valence-corrected chi connectivity index (χ1v) is 9.86. The Hall–Kier alpha value is -3.94. The molecule has 0 bridgehead atoms. The van der Waals surface area contributed by atoms with E-state index in [0.717, 1.165) is 10.5 Å². The molecule has 3 aromatic rings. The van der Waals surface area contributed by atoms with Gasteiger partial charge in [0.1, 0.15) is 17.8 Å². The van der Waals surface area contributed by atoms with Crippen LogP contribution in [0.5, 0.6) is 0 Å². The predicted molar refractivity (Wildman–Crippen MR) is 111 cm³/mol. The van der Waals surface area contributed by atoms with E-state index >= 15 is 0 Å². The van der Waals surface area contributed by atoms with E-state index in [1.807, 2.05) is 12.1 Å². The number of nitrogens with zero attached hydrogens (tertiary/aromatic N) is 3. The molecule has 0 saturated carbocycles. The summed E-state index contributed by atoms with van der Waals surface area (Å²) >= 11 is 0. The molecule has 1 aliphatic rings. The van der Waals surface area contributed by atoms with Crippen LogP contribution in [-0.4, -0.2) is 39.2 Å². The zero-order valence-electron chi connectivity index (χ0n) is 17.0. The smallest absolute Gasteiger partial charge is 0.325 e. The Morgan fingerprint density at radius 2 is 1.90 bits per heavy atom. The number of hydrogen-bond acceptors (Lipinski definition) is 5. The lowest BCUT2D eigenvalue weighted by Gasteiger charge is -2.25. The van der Waals surface area contributed by atoms with E-state index in [9.17, 15) is 14.4 Å². The second-order valence-corrected chi connectivity index (χ2v) is 7.50. The molecule has 1 unspecified atom stereocenters. The molecule has 4 rings (SSSR count). The number of furan rings is 1. The summed E-state index contributed by atoms with van der Waals surface area (Å²) in [5.41, 5.74) is 0.271. The third kappa shape index (κ3) is 4.18. The molecule has 8 heteroatoms. The second-order valence-electron chi connectivity index (χ2n) is 7.50. The summed E-state index contributed by atoms with van der Waals surface area (Å²) in [4.78, 5) is 45.5. The van der Waals surface area contributed by atoms with Crippen molar-refractivity contribution in [3.63, 3.8) is 0 Å². The molecule has 4 amide bonds. The van der Waals surface area contributed by atoms with Crippen molar-refractivity contribution in [1.29, 1.82) is 0 Å². The highest BCUT2D eigenvalue weighted by Crippen LogP contribution is 2.28. The van der Waals surface area contributed by atoms with Crippen LogP contribution in [0.25, 0.3) is 0 Å². The van der Waals surface area contributed by atoms with Gasteiger partial charge in [-0.25, -0.2) is 4.79 Å². The largest absolute Gasteiger partial charge is 0.467 e. The lowest BCUT2D eigenvalue weighted by atomic mass is 9.92. The number of pyridine rings is 1. The van der Waals surface area contributed by atoms with Crippen LogP contribution in [0.2, 0.25) is 0 Å². The molecule has 0 aliphatic carbocycles. The number of imide groups is 1. The van der Waals surface area contributed by atoms with Crippen molar-refractivity contribution in [2.24, 2.45) is 0 Å². The fraction of sp³-hybridized carbons (Fsp3) is 0.217. The van der Waals surface area contributed by atoms with E-state index in [1.165, 1.54) is 11.2 Å². The average molecular weight is 418 g/mol. The zero-order valence-corrected chi connectivity index (χ0v) is 17.0. The molecule has 158 valence electrons. The van der Waals surface area contributed by atoms with E-state index in [2.05, 4.69) is 10.3 Å². The van der Waals surface area contributed by atoms with Gasteiger partial charge in [-0.05, 0) is 36.2 Å². The number of carbonyl (C=O) groups is 3. The molecule has 1 aliphatic heterocycles. The Morgan fingerprint density at radius 1 is 1.10 bits per heavy atom. The van der Waals surface area contributed by atoms with Crippen molar-refractivity contribution in [3.8, 4) is 0 Å². The molecular formula is C23H22N4O4. The molecule has 0 spiro atoms. The van der Waals surface area contributed by atoms with E-state index in [1.54, 1.807) is 61.8 Å². The van der Waals surface area contributed by atoms with Gasteiger partial charge in [-0.15, -0.1) is 0 Å². The van der Waals surface area contributed by atoms with Crippen LogP contribution in [-0.2, 0) is 28.2 Å². The lowest BCUT2D eigenvalue weighted by molar-refractivity contribution is -0.139. The first-order chi connectivity index (χ1) is 15.0. The number of benzene rings is 1. The fourth-order valence-electron chi connectivity index (χ4n) is 3.58. The summed E-state index contributed by atoms with van der Waals surface area (Å²) in [6, 6.07) is 15.5. The molecule has 1 fully saturated rings. The molecule has 1 atom stereocenters. The maximum absolute atomic E-state index is 13.2. The van der Waals surface area contributed by atoms with Crippen molar-refractivity contribution in [2.75, 3.05) is 6.54 Å². The minimum Gasteiger partial charge on any atom is -0.467 e. The van der Waals surface area contributed by atoms with E-state index in [-0.39, 0.29) is 25.5 Å². The van der Waals surface area contributed by atoms with Gasteiger partial charge in [0.25, 0.3) is 5.91 Å². The van der Waals surface area contributed by atoms with Gasteiger partial charge in [-0.3, -0.25) is 19.5 Å². The summed E-state index contributed by atoms with van der Waals surface area (Å²) in [7, 11) is 0. The number of hydrogen-bond donors (Lipinski definition) is 1. The van der Waals surface area contributed by atoms with Gasteiger partial charge in [0.05, 0.1) is 12.8 Å². The molecule has 3 heterocycles. The minimum atomic E-state index is -1.21. The average Bonchev–Trinajstić information content (AvgIpc) is 3.37. The van der Waals surface area contributed by atoms with Gasteiger partial charge in [0.15, 0.2) is 0 Å². The number of rotatable bonds is 7. The normalized spacial score (nSPS) is 18.2. The summed E-state index contributed by atoms with van der Waals surface area (Å²) in [5, 5.41) is 2.72. The van der Waals surface area contributed by atoms with Crippen LogP contribution in [0.15, 0.2) is 77.7 Å². The molecule has 8 nitrogen and oxygen atoms in total. The van der Waals surface area contributed by atoms with Gasteiger partial charge < -0.3 is 14.6 Å². The second kappa shape index (κ2) is 8.43. The maximum atomic E-state index is 13.2. The highest BCUT2D eigenvalue weighted by molar-refractivity contribution is 6.09. The Morgan fingerprint density at radius 3 is 2.58 bits per heavy atom. The highest BCUT2D eigenvalue weighted by atomic mass is 16.3. The summed E-state index contributed by atoms with van der Waals surface area (Å²) in [6.07, 6.45) is 4.85. The van der Waals surface area contributed by atoms with E-state index in [0.29, 0.717) is 11.3 Å². The van der Waals surface area contributed by atoms with Crippen LogP contribution in [0.4, 0.5) is 4.79 Å². The van der Waals surface area contributed by atoms with Crippen LogP contribution in [0, 0.1) is 0 Å². The number of carbonyl (C=O) groups excluding carboxylic acids is 3. The monoisotopic (exact) mass is 418 g/mol. The van der Waals surface area contributed by atoms with Gasteiger partial charge >= 0.3 is 6.03 Å². The predicted octanol–water partition coefficient (Wildman–Crippen LogP) is 2.67. The van der Waals surface area contributed by atoms with Crippen LogP contribution in [0.1, 0.15) is 23.8 Å². The van der Waals surface area contributed by atoms with Gasteiger partial charge in [0.2, 0.25) is 5.91 Å². The van der Waals surface area contributed by atoms with Crippen LogP contribution >= 0.6 is 0 Å². The highest BCUT2D eigenvalue weighted by Gasteiger charge is 2.49. The molecule has 1 saturated heterocycles. The van der Waals surface area contributed by atoms with Crippen molar-refractivity contribution < 1.29 is 18.8 Å². The van der Waals surface area contributed by atoms with Gasteiger partial charge in [0, 0.05) is 18.9 Å². The van der Waals surface area contributed by atoms with Crippen LogP contribution < -0.4 is 5.32 Å². The van der Waals surface area contributed by atoms with Crippen molar-refractivity contribution in [3.05, 3.63) is 90.1 Å². The van der Waals surface area contributed by atoms with E-state index < -0.39 is 17.5 Å². The first-order valence-electron chi connectivity index (χ1n) is 9.86. The molecular weight excluding hydrogens is 396 g/mol. The Bertz CT molecular complexity index is 1070. The zero-order chi connectivity index (χ0) is 21.8. The standard InChI is InChI=1S/C23H22N4O4/c1-23(18-8-3-2-4-9-18)21(29)27(22(30)25-23)16-20(28)26(15-19-10-6-12-31-19)14-17-7-5-11-24-13-17/h2-13H,14-16H2,1H3,(H,25,30).